The maximum atomic E-state index is 11.6. The number of aromatic nitrogens is 1. The average molecular weight is 255 g/mol. The Morgan fingerprint density at radius 3 is 2.79 bits per heavy atom. The van der Waals surface area contributed by atoms with Crippen molar-refractivity contribution in [2.45, 2.75) is 25.8 Å². The lowest BCUT2D eigenvalue weighted by Crippen LogP contribution is -2.40. The molecule has 0 aliphatic carbocycles. The first kappa shape index (κ1) is 13.2. The number of para-hydroxylation sites is 1. The van der Waals surface area contributed by atoms with Crippen molar-refractivity contribution in [2.75, 3.05) is 0 Å². The molecule has 2 aromatic rings. The Kier molecular flexibility index (Phi) is 3.30. The molecule has 1 amide bonds. The largest absolute Gasteiger partial charge is 0.350 e. The maximum absolute atomic E-state index is 11.6. The van der Waals surface area contributed by atoms with Crippen LogP contribution in [0.2, 0.25) is 0 Å². The fourth-order valence-corrected chi connectivity index (χ4v) is 2.37. The number of hydrogen-bond acceptors (Lipinski definition) is 2. The number of nitrogens with one attached hydrogen (secondary N) is 1. The van der Waals surface area contributed by atoms with E-state index >= 15 is 0 Å². The van der Waals surface area contributed by atoms with E-state index in [9.17, 15) is 4.79 Å². The molecule has 0 atom stereocenters. The highest BCUT2D eigenvalue weighted by molar-refractivity contribution is 5.86. The van der Waals surface area contributed by atoms with Gasteiger partial charge in [-0.25, -0.2) is 0 Å². The molecule has 1 N–H and O–H groups in total. The zero-order valence-electron chi connectivity index (χ0n) is 11.4. The summed E-state index contributed by atoms with van der Waals surface area (Å²) < 4.78 is 2.04. The fraction of sp³-hybridized carbons (Fsp3) is 0.333. The van der Waals surface area contributed by atoms with Gasteiger partial charge in [-0.2, -0.15) is 5.26 Å². The third-order valence-corrected chi connectivity index (χ3v) is 3.26. The van der Waals surface area contributed by atoms with E-state index in [-0.39, 0.29) is 12.3 Å². The Bertz CT molecular complexity index is 662. The molecule has 0 saturated carbocycles. The standard InChI is InChI=1S/C15H17N3O/c1-15(2,17-14(19)8-9-16)12-10-18(3)13-7-5-4-6-11(12)13/h4-7,10H,8H2,1-3H3,(H,17,19). The van der Waals surface area contributed by atoms with Crippen LogP contribution in [0.3, 0.4) is 0 Å². The highest BCUT2D eigenvalue weighted by atomic mass is 16.1. The van der Waals surface area contributed by atoms with E-state index in [0.717, 1.165) is 16.5 Å². The molecule has 2 rings (SSSR count). The van der Waals surface area contributed by atoms with Crippen molar-refractivity contribution in [1.82, 2.24) is 9.88 Å². The molecule has 98 valence electrons. The van der Waals surface area contributed by atoms with E-state index < -0.39 is 5.54 Å². The normalized spacial score (nSPS) is 11.3. The smallest absolute Gasteiger partial charge is 0.234 e. The molecule has 4 heteroatoms. The lowest BCUT2D eigenvalue weighted by atomic mass is 9.93. The number of fused-ring (bicyclic) bond motifs is 1. The number of carbonyl (C=O) groups is 1. The van der Waals surface area contributed by atoms with Gasteiger partial charge in [0, 0.05) is 29.7 Å². The first-order chi connectivity index (χ1) is 8.95. The molecule has 1 aromatic carbocycles. The molecule has 0 aliphatic heterocycles. The summed E-state index contributed by atoms with van der Waals surface area (Å²) in [5.74, 6) is -0.250. The number of rotatable bonds is 3. The molecule has 0 spiro atoms. The van der Waals surface area contributed by atoms with Crippen LogP contribution in [0, 0.1) is 11.3 Å². The van der Waals surface area contributed by atoms with Crippen LogP contribution in [0.4, 0.5) is 0 Å². The molecule has 1 heterocycles. The first-order valence-electron chi connectivity index (χ1n) is 6.18. The van der Waals surface area contributed by atoms with Crippen LogP contribution in [-0.2, 0) is 17.4 Å². The Morgan fingerprint density at radius 2 is 2.11 bits per heavy atom. The summed E-state index contributed by atoms with van der Waals surface area (Å²) in [7, 11) is 1.99. The van der Waals surface area contributed by atoms with E-state index in [2.05, 4.69) is 5.32 Å². The minimum Gasteiger partial charge on any atom is -0.350 e. The highest BCUT2D eigenvalue weighted by Crippen LogP contribution is 2.29. The van der Waals surface area contributed by atoms with Gasteiger partial charge in [0.1, 0.15) is 6.42 Å². The zero-order valence-corrected chi connectivity index (χ0v) is 11.4. The summed E-state index contributed by atoms with van der Waals surface area (Å²) in [6.45, 7) is 3.90. The summed E-state index contributed by atoms with van der Waals surface area (Å²) in [5.41, 5.74) is 1.67. The fourth-order valence-electron chi connectivity index (χ4n) is 2.37. The van der Waals surface area contributed by atoms with Gasteiger partial charge in [-0.3, -0.25) is 4.79 Å². The molecule has 0 saturated heterocycles. The van der Waals surface area contributed by atoms with Crippen molar-refractivity contribution in [2.24, 2.45) is 7.05 Å². The third-order valence-electron chi connectivity index (χ3n) is 3.26. The van der Waals surface area contributed by atoms with Gasteiger partial charge in [0.25, 0.3) is 0 Å². The van der Waals surface area contributed by atoms with Gasteiger partial charge in [-0.1, -0.05) is 18.2 Å². The summed E-state index contributed by atoms with van der Waals surface area (Å²) in [6, 6.07) is 9.94. The summed E-state index contributed by atoms with van der Waals surface area (Å²) in [6.07, 6.45) is 1.91. The quantitative estimate of drug-likeness (QED) is 0.915. The van der Waals surface area contributed by atoms with Crippen LogP contribution in [0.1, 0.15) is 25.8 Å². The monoisotopic (exact) mass is 255 g/mol. The molecule has 1 aromatic heterocycles. The number of nitriles is 1. The minimum absolute atomic E-state index is 0.117. The van der Waals surface area contributed by atoms with Crippen molar-refractivity contribution >= 4 is 16.8 Å². The van der Waals surface area contributed by atoms with Crippen molar-refractivity contribution in [3.63, 3.8) is 0 Å². The van der Waals surface area contributed by atoms with Gasteiger partial charge in [-0.15, -0.1) is 0 Å². The third kappa shape index (κ3) is 2.45. The summed E-state index contributed by atoms with van der Waals surface area (Å²) >= 11 is 0. The number of amides is 1. The minimum atomic E-state index is -0.505. The zero-order chi connectivity index (χ0) is 14.0. The molecule has 19 heavy (non-hydrogen) atoms. The van der Waals surface area contributed by atoms with Gasteiger partial charge >= 0.3 is 0 Å². The molecule has 4 nitrogen and oxygen atoms in total. The summed E-state index contributed by atoms with van der Waals surface area (Å²) in [5, 5.41) is 12.6. The van der Waals surface area contributed by atoms with Gasteiger partial charge in [0.05, 0.1) is 11.6 Å². The SMILES string of the molecule is Cn1cc(C(C)(C)NC(=O)CC#N)c2ccccc21. The van der Waals surface area contributed by atoms with Crippen molar-refractivity contribution < 1.29 is 4.79 Å². The molecule has 0 bridgehead atoms. The number of benzene rings is 1. The van der Waals surface area contributed by atoms with E-state index in [1.165, 1.54) is 0 Å². The van der Waals surface area contributed by atoms with Gasteiger partial charge in [0.2, 0.25) is 5.91 Å². The second-order valence-electron chi connectivity index (χ2n) is 5.18. The van der Waals surface area contributed by atoms with Crippen LogP contribution in [0.15, 0.2) is 30.5 Å². The number of nitrogens with zero attached hydrogens (tertiary/aromatic N) is 2. The number of aryl methyl sites for hydroxylation is 1. The predicted octanol–water partition coefficient (Wildman–Crippen LogP) is 2.44. The van der Waals surface area contributed by atoms with Crippen molar-refractivity contribution in [1.29, 1.82) is 5.26 Å². The van der Waals surface area contributed by atoms with E-state index in [0.29, 0.717) is 0 Å². The average Bonchev–Trinajstić information content (AvgIpc) is 2.68. The van der Waals surface area contributed by atoms with Crippen LogP contribution in [0.5, 0.6) is 0 Å². The topological polar surface area (TPSA) is 57.8 Å². The van der Waals surface area contributed by atoms with Crippen molar-refractivity contribution in [3.05, 3.63) is 36.0 Å². The Hall–Kier alpha value is -2.28. The van der Waals surface area contributed by atoms with Crippen molar-refractivity contribution in [3.8, 4) is 6.07 Å². The molecule has 0 aliphatic rings. The van der Waals surface area contributed by atoms with Crippen LogP contribution in [-0.4, -0.2) is 10.5 Å². The van der Waals surface area contributed by atoms with E-state index in [1.54, 1.807) is 0 Å². The lowest BCUT2D eigenvalue weighted by Gasteiger charge is -2.25. The highest BCUT2D eigenvalue weighted by Gasteiger charge is 2.26. The van der Waals surface area contributed by atoms with E-state index in [1.807, 2.05) is 62.0 Å². The Labute approximate surface area is 112 Å². The van der Waals surface area contributed by atoms with Crippen LogP contribution >= 0.6 is 0 Å². The van der Waals surface area contributed by atoms with E-state index in [4.69, 9.17) is 5.26 Å². The number of hydrogen-bond donors (Lipinski definition) is 1. The van der Waals surface area contributed by atoms with Gasteiger partial charge < -0.3 is 9.88 Å². The molecular formula is C15H17N3O. The molecular weight excluding hydrogens is 238 g/mol. The van der Waals surface area contributed by atoms with Crippen LogP contribution < -0.4 is 5.32 Å². The Balaban J connectivity index is 2.43. The first-order valence-corrected chi connectivity index (χ1v) is 6.18. The molecule has 0 unspecified atom stereocenters. The van der Waals surface area contributed by atoms with Gasteiger partial charge in [-0.05, 0) is 19.9 Å². The second kappa shape index (κ2) is 4.77. The summed E-state index contributed by atoms with van der Waals surface area (Å²) in [4.78, 5) is 11.6. The van der Waals surface area contributed by atoms with Crippen LogP contribution in [0.25, 0.3) is 10.9 Å². The molecule has 0 fully saturated rings. The second-order valence-corrected chi connectivity index (χ2v) is 5.18. The van der Waals surface area contributed by atoms with Gasteiger partial charge in [0.15, 0.2) is 0 Å². The lowest BCUT2D eigenvalue weighted by molar-refractivity contribution is -0.121. The Morgan fingerprint density at radius 1 is 1.42 bits per heavy atom. The predicted molar refractivity (Wildman–Crippen MR) is 74.3 cm³/mol. The number of carbonyl (C=O) groups excluding carboxylic acids is 1. The maximum Gasteiger partial charge on any atom is 0.234 e. The molecule has 0 radical (unpaired) electrons.